The van der Waals surface area contributed by atoms with Gasteiger partial charge in [-0.1, -0.05) is 6.07 Å². The van der Waals surface area contributed by atoms with E-state index in [4.69, 9.17) is 0 Å². The van der Waals surface area contributed by atoms with Gasteiger partial charge in [-0.2, -0.15) is 13.2 Å². The Labute approximate surface area is 121 Å². The maximum atomic E-state index is 13.3. The molecule has 0 aromatic heterocycles. The van der Waals surface area contributed by atoms with Gasteiger partial charge in [0.05, 0.1) is 11.7 Å². The molecule has 3 nitrogen and oxygen atoms in total. The van der Waals surface area contributed by atoms with E-state index in [1.807, 2.05) is 0 Å². The fourth-order valence-electron chi connectivity index (χ4n) is 2.71. The van der Waals surface area contributed by atoms with Crippen LogP contribution >= 0.6 is 0 Å². The van der Waals surface area contributed by atoms with Gasteiger partial charge < -0.3 is 15.3 Å². The summed E-state index contributed by atoms with van der Waals surface area (Å²) >= 11 is 0. The summed E-state index contributed by atoms with van der Waals surface area (Å²) in [5.74, 6) is 0. The Morgan fingerprint density at radius 3 is 2.57 bits per heavy atom. The highest BCUT2D eigenvalue weighted by Crippen LogP contribution is 2.38. The summed E-state index contributed by atoms with van der Waals surface area (Å²) in [5.41, 5.74) is 0.221. The molecule has 3 rings (SSSR count). The average molecular weight is 300 g/mol. The lowest BCUT2D eigenvalue weighted by Gasteiger charge is -2.23. The third-order valence-electron chi connectivity index (χ3n) is 4.04. The normalized spacial score (nSPS) is 22.9. The molecule has 116 valence electrons. The van der Waals surface area contributed by atoms with Crippen molar-refractivity contribution in [3.63, 3.8) is 0 Å². The number of hydrogen-bond donors (Lipinski definition) is 2. The van der Waals surface area contributed by atoms with Crippen LogP contribution in [0.15, 0.2) is 18.2 Å². The summed E-state index contributed by atoms with van der Waals surface area (Å²) in [6.07, 6.45) is -2.19. The zero-order chi connectivity index (χ0) is 15.0. The number of nitrogens with one attached hydrogen (secondary N) is 1. The topological polar surface area (TPSA) is 35.5 Å². The van der Waals surface area contributed by atoms with E-state index in [9.17, 15) is 18.3 Å². The van der Waals surface area contributed by atoms with Gasteiger partial charge in [-0.3, -0.25) is 0 Å². The number of hydrogen-bond acceptors (Lipinski definition) is 3. The van der Waals surface area contributed by atoms with Crippen molar-refractivity contribution < 1.29 is 18.3 Å². The second-order valence-electron chi connectivity index (χ2n) is 5.89. The monoisotopic (exact) mass is 300 g/mol. The number of rotatable bonds is 4. The van der Waals surface area contributed by atoms with Crippen molar-refractivity contribution in [3.8, 4) is 0 Å². The third kappa shape index (κ3) is 3.49. The van der Waals surface area contributed by atoms with Crippen LogP contribution in [0.2, 0.25) is 0 Å². The van der Waals surface area contributed by atoms with Crippen molar-refractivity contribution in [2.45, 2.75) is 44.1 Å². The average Bonchev–Trinajstić information content (AvgIpc) is 3.16. The first-order valence-corrected chi connectivity index (χ1v) is 7.30. The first-order valence-electron chi connectivity index (χ1n) is 7.30. The molecular formula is C15H19F3N2O. The lowest BCUT2D eigenvalue weighted by molar-refractivity contribution is -0.137. The van der Waals surface area contributed by atoms with E-state index in [-0.39, 0.29) is 12.2 Å². The predicted octanol–water partition coefficient (Wildman–Crippen LogP) is 2.53. The Bertz CT molecular complexity index is 514. The minimum atomic E-state index is -4.38. The SMILES string of the molecule is OC1CCN(c2ccc(CNC3CC3)cc2C(F)(F)F)C1. The van der Waals surface area contributed by atoms with Gasteiger partial charge in [0.25, 0.3) is 0 Å². The van der Waals surface area contributed by atoms with Crippen molar-refractivity contribution >= 4 is 5.69 Å². The van der Waals surface area contributed by atoms with Gasteiger partial charge >= 0.3 is 6.18 Å². The number of anilines is 1. The molecule has 1 aliphatic carbocycles. The number of β-amino-alcohol motifs (C(OH)–C–C–N with tert-alkyl or cyclic N) is 1. The van der Waals surface area contributed by atoms with Gasteiger partial charge in [0.1, 0.15) is 0 Å². The van der Waals surface area contributed by atoms with Crippen LogP contribution in [0.3, 0.4) is 0 Å². The molecule has 0 spiro atoms. The van der Waals surface area contributed by atoms with Gasteiger partial charge in [0.15, 0.2) is 0 Å². The maximum absolute atomic E-state index is 13.3. The standard InChI is InChI=1S/C15H19F3N2O/c16-15(17,18)13-7-10(8-19-11-2-3-11)1-4-14(13)20-6-5-12(21)9-20/h1,4,7,11-12,19,21H,2-3,5-6,8-9H2. The number of benzene rings is 1. The molecular weight excluding hydrogens is 281 g/mol. The maximum Gasteiger partial charge on any atom is 0.418 e. The molecule has 1 aromatic rings. The molecule has 0 bridgehead atoms. The highest BCUT2D eigenvalue weighted by atomic mass is 19.4. The van der Waals surface area contributed by atoms with E-state index in [0.29, 0.717) is 31.1 Å². The highest BCUT2D eigenvalue weighted by Gasteiger charge is 2.36. The van der Waals surface area contributed by atoms with Gasteiger partial charge in [-0.25, -0.2) is 0 Å². The Balaban J connectivity index is 1.84. The van der Waals surface area contributed by atoms with Gasteiger partial charge in [0.2, 0.25) is 0 Å². The lowest BCUT2D eigenvalue weighted by Crippen LogP contribution is -2.25. The fourth-order valence-corrected chi connectivity index (χ4v) is 2.71. The van der Waals surface area contributed by atoms with Crippen molar-refractivity contribution in [2.75, 3.05) is 18.0 Å². The predicted molar refractivity (Wildman–Crippen MR) is 74.1 cm³/mol. The van der Waals surface area contributed by atoms with E-state index < -0.39 is 17.8 Å². The first-order chi connectivity index (χ1) is 9.93. The number of aliphatic hydroxyl groups excluding tert-OH is 1. The molecule has 2 N–H and O–H groups in total. The summed E-state index contributed by atoms with van der Waals surface area (Å²) in [6.45, 7) is 1.20. The molecule has 1 saturated carbocycles. The van der Waals surface area contributed by atoms with E-state index >= 15 is 0 Å². The van der Waals surface area contributed by atoms with Crippen LogP contribution in [0.25, 0.3) is 0 Å². The Morgan fingerprint density at radius 2 is 2.00 bits per heavy atom. The van der Waals surface area contributed by atoms with Crippen molar-refractivity contribution in [1.29, 1.82) is 0 Å². The number of halogens is 3. The Hall–Kier alpha value is -1.27. The Kier molecular flexibility index (Phi) is 3.84. The minimum absolute atomic E-state index is 0.175. The van der Waals surface area contributed by atoms with Crippen LogP contribution in [0, 0.1) is 0 Å². The summed E-state index contributed by atoms with van der Waals surface area (Å²) in [5, 5.41) is 12.8. The van der Waals surface area contributed by atoms with Crippen LogP contribution in [-0.4, -0.2) is 30.3 Å². The smallest absolute Gasteiger partial charge is 0.391 e. The second-order valence-corrected chi connectivity index (χ2v) is 5.89. The molecule has 0 amide bonds. The van der Waals surface area contributed by atoms with E-state index in [2.05, 4.69) is 5.32 Å². The van der Waals surface area contributed by atoms with Crippen molar-refractivity contribution in [1.82, 2.24) is 5.32 Å². The molecule has 1 aliphatic heterocycles. The molecule has 21 heavy (non-hydrogen) atoms. The summed E-state index contributed by atoms with van der Waals surface area (Å²) < 4.78 is 39.8. The molecule has 2 fully saturated rings. The zero-order valence-electron chi connectivity index (χ0n) is 11.7. The molecule has 6 heteroatoms. The van der Waals surface area contributed by atoms with E-state index in [1.54, 1.807) is 11.0 Å². The summed E-state index contributed by atoms with van der Waals surface area (Å²) in [7, 11) is 0. The van der Waals surface area contributed by atoms with Crippen LogP contribution in [-0.2, 0) is 12.7 Å². The van der Waals surface area contributed by atoms with E-state index in [0.717, 1.165) is 12.8 Å². The molecule has 2 aliphatic rings. The molecule has 1 aromatic carbocycles. The van der Waals surface area contributed by atoms with Crippen LogP contribution in [0.1, 0.15) is 30.4 Å². The zero-order valence-corrected chi connectivity index (χ0v) is 11.7. The quantitative estimate of drug-likeness (QED) is 0.897. The van der Waals surface area contributed by atoms with Crippen molar-refractivity contribution in [3.05, 3.63) is 29.3 Å². The molecule has 1 unspecified atom stereocenters. The lowest BCUT2D eigenvalue weighted by atomic mass is 10.1. The largest absolute Gasteiger partial charge is 0.418 e. The minimum Gasteiger partial charge on any atom is -0.391 e. The van der Waals surface area contributed by atoms with Gasteiger partial charge in [-0.05, 0) is 37.0 Å². The van der Waals surface area contributed by atoms with E-state index in [1.165, 1.54) is 12.1 Å². The van der Waals surface area contributed by atoms with Crippen LogP contribution in [0.4, 0.5) is 18.9 Å². The van der Waals surface area contributed by atoms with Gasteiger partial charge in [0, 0.05) is 31.4 Å². The highest BCUT2D eigenvalue weighted by molar-refractivity contribution is 5.57. The number of nitrogens with zero attached hydrogens (tertiary/aromatic N) is 1. The molecule has 1 saturated heterocycles. The summed E-state index contributed by atoms with van der Waals surface area (Å²) in [4.78, 5) is 1.62. The van der Waals surface area contributed by atoms with Crippen LogP contribution in [0.5, 0.6) is 0 Å². The summed E-state index contributed by atoms with van der Waals surface area (Å²) in [6, 6.07) is 4.97. The first kappa shape index (κ1) is 14.7. The Morgan fingerprint density at radius 1 is 1.24 bits per heavy atom. The molecule has 1 atom stereocenters. The van der Waals surface area contributed by atoms with Crippen molar-refractivity contribution in [2.24, 2.45) is 0 Å². The molecule has 0 radical (unpaired) electrons. The molecule has 1 heterocycles. The number of aliphatic hydroxyl groups is 1. The fraction of sp³-hybridized carbons (Fsp3) is 0.600. The number of alkyl halides is 3. The van der Waals surface area contributed by atoms with Gasteiger partial charge in [-0.15, -0.1) is 0 Å². The third-order valence-corrected chi connectivity index (χ3v) is 4.04. The van der Waals surface area contributed by atoms with Crippen LogP contribution < -0.4 is 10.2 Å². The second kappa shape index (κ2) is 5.50.